The summed E-state index contributed by atoms with van der Waals surface area (Å²) in [5.74, 6) is 0.0582. The molecule has 2 amide bonds. The lowest BCUT2D eigenvalue weighted by molar-refractivity contribution is -0.124. The van der Waals surface area contributed by atoms with Crippen LogP contribution < -0.4 is 16.0 Å². The second-order valence-electron chi connectivity index (χ2n) is 5.77. The van der Waals surface area contributed by atoms with Crippen molar-refractivity contribution in [3.8, 4) is 0 Å². The molecule has 0 spiro atoms. The van der Waals surface area contributed by atoms with Crippen LogP contribution in [0.15, 0.2) is 24.3 Å². The van der Waals surface area contributed by atoms with Crippen LogP contribution in [0.2, 0.25) is 0 Å². The van der Waals surface area contributed by atoms with Gasteiger partial charge in [0, 0.05) is 18.8 Å². The monoisotopic (exact) mass is 289 g/mol. The molecule has 1 aromatic rings. The van der Waals surface area contributed by atoms with Crippen molar-refractivity contribution in [1.82, 2.24) is 10.6 Å². The fraction of sp³-hybridized carbons (Fsp3) is 0.500. The van der Waals surface area contributed by atoms with Crippen LogP contribution in [0.3, 0.4) is 0 Å². The number of benzene rings is 1. The predicted octanol–water partition coefficient (Wildman–Crippen LogP) is 1.30. The Bertz CT molecular complexity index is 505. The highest BCUT2D eigenvalue weighted by Gasteiger charge is 2.36. The predicted molar refractivity (Wildman–Crippen MR) is 83.1 cm³/mol. The zero-order valence-corrected chi connectivity index (χ0v) is 12.7. The minimum atomic E-state index is -0.334. The molecule has 0 aromatic heterocycles. The van der Waals surface area contributed by atoms with E-state index in [-0.39, 0.29) is 17.2 Å². The number of hydrogen-bond donors (Lipinski definition) is 3. The molecule has 0 aliphatic carbocycles. The Hall–Kier alpha value is -1.88. The number of likely N-dealkylation sites (N-methyl/N-ethyl adjacent to an activating group) is 1. The maximum Gasteiger partial charge on any atom is 0.231 e. The Labute approximate surface area is 125 Å². The molecular formula is C16H23N3O2. The Morgan fingerprint density at radius 2 is 2.00 bits per heavy atom. The van der Waals surface area contributed by atoms with Crippen molar-refractivity contribution in [2.75, 3.05) is 25.0 Å². The summed E-state index contributed by atoms with van der Waals surface area (Å²) in [6.07, 6.45) is 1.22. The molecule has 1 fully saturated rings. The molecule has 0 radical (unpaired) electrons. The van der Waals surface area contributed by atoms with Gasteiger partial charge in [-0.05, 0) is 44.5 Å². The minimum Gasteiger partial charge on any atom is -0.356 e. The first-order valence-electron chi connectivity index (χ1n) is 7.41. The fourth-order valence-corrected chi connectivity index (χ4v) is 2.44. The van der Waals surface area contributed by atoms with E-state index in [4.69, 9.17) is 0 Å². The van der Waals surface area contributed by atoms with E-state index >= 15 is 0 Å². The third kappa shape index (κ3) is 4.04. The van der Waals surface area contributed by atoms with Crippen LogP contribution in [0.1, 0.15) is 25.8 Å². The standard InChI is InChI=1S/C16H23N3O2/c1-3-18-14(20)10-12-4-6-13(7-5-12)19-15(21)16(2)8-9-17-11-16/h4-7,17H,3,8-11H2,1-2H3,(H,18,20)(H,19,21). The number of amides is 2. The van der Waals surface area contributed by atoms with Crippen molar-refractivity contribution in [3.05, 3.63) is 29.8 Å². The van der Waals surface area contributed by atoms with E-state index in [2.05, 4.69) is 16.0 Å². The molecular weight excluding hydrogens is 266 g/mol. The van der Waals surface area contributed by atoms with E-state index in [1.165, 1.54) is 0 Å². The van der Waals surface area contributed by atoms with Gasteiger partial charge >= 0.3 is 0 Å². The topological polar surface area (TPSA) is 70.2 Å². The smallest absolute Gasteiger partial charge is 0.231 e. The Kier molecular flexibility index (Phi) is 4.96. The van der Waals surface area contributed by atoms with E-state index < -0.39 is 0 Å². The maximum absolute atomic E-state index is 12.3. The Morgan fingerprint density at radius 1 is 1.29 bits per heavy atom. The Balaban J connectivity index is 1.93. The fourth-order valence-electron chi connectivity index (χ4n) is 2.44. The first-order chi connectivity index (χ1) is 10.0. The molecule has 1 saturated heterocycles. The van der Waals surface area contributed by atoms with Crippen LogP contribution in [0, 0.1) is 5.41 Å². The van der Waals surface area contributed by atoms with Crippen molar-refractivity contribution in [2.24, 2.45) is 5.41 Å². The third-order valence-electron chi connectivity index (χ3n) is 3.87. The average Bonchev–Trinajstić information content (AvgIpc) is 2.89. The van der Waals surface area contributed by atoms with E-state index in [0.29, 0.717) is 19.5 Å². The van der Waals surface area contributed by atoms with Gasteiger partial charge in [0.1, 0.15) is 0 Å². The van der Waals surface area contributed by atoms with E-state index in [9.17, 15) is 9.59 Å². The first-order valence-corrected chi connectivity index (χ1v) is 7.41. The van der Waals surface area contributed by atoms with E-state index in [0.717, 1.165) is 24.2 Å². The summed E-state index contributed by atoms with van der Waals surface area (Å²) in [5, 5.41) is 8.93. The molecule has 1 heterocycles. The van der Waals surface area contributed by atoms with Crippen LogP contribution in [-0.2, 0) is 16.0 Å². The molecule has 2 rings (SSSR count). The molecule has 1 atom stereocenters. The number of nitrogens with one attached hydrogen (secondary N) is 3. The molecule has 0 saturated carbocycles. The summed E-state index contributed by atoms with van der Waals surface area (Å²) in [6.45, 7) is 6.11. The molecule has 114 valence electrons. The second-order valence-corrected chi connectivity index (χ2v) is 5.77. The lowest BCUT2D eigenvalue weighted by Crippen LogP contribution is -2.35. The van der Waals surface area contributed by atoms with Gasteiger partial charge in [0.05, 0.1) is 11.8 Å². The lowest BCUT2D eigenvalue weighted by atomic mass is 9.88. The van der Waals surface area contributed by atoms with Crippen molar-refractivity contribution < 1.29 is 9.59 Å². The molecule has 0 bridgehead atoms. The number of carbonyl (C=O) groups is 2. The molecule has 1 aliphatic heterocycles. The highest BCUT2D eigenvalue weighted by atomic mass is 16.2. The molecule has 1 aliphatic rings. The number of anilines is 1. The van der Waals surface area contributed by atoms with Crippen molar-refractivity contribution >= 4 is 17.5 Å². The molecule has 3 N–H and O–H groups in total. The van der Waals surface area contributed by atoms with Gasteiger partial charge in [0.15, 0.2) is 0 Å². The molecule has 1 aromatic carbocycles. The zero-order valence-electron chi connectivity index (χ0n) is 12.7. The number of carbonyl (C=O) groups excluding carboxylic acids is 2. The van der Waals surface area contributed by atoms with Gasteiger partial charge in [-0.15, -0.1) is 0 Å². The second kappa shape index (κ2) is 6.72. The SMILES string of the molecule is CCNC(=O)Cc1ccc(NC(=O)C2(C)CCNC2)cc1. The molecule has 1 unspecified atom stereocenters. The van der Waals surface area contributed by atoms with Crippen LogP contribution in [0.25, 0.3) is 0 Å². The summed E-state index contributed by atoms with van der Waals surface area (Å²) in [5.41, 5.74) is 1.38. The number of hydrogen-bond acceptors (Lipinski definition) is 3. The highest BCUT2D eigenvalue weighted by molar-refractivity contribution is 5.95. The van der Waals surface area contributed by atoms with Crippen LogP contribution in [0.4, 0.5) is 5.69 Å². The molecule has 21 heavy (non-hydrogen) atoms. The summed E-state index contributed by atoms with van der Waals surface area (Å²) in [6, 6.07) is 7.44. The van der Waals surface area contributed by atoms with Gasteiger partial charge in [-0.3, -0.25) is 9.59 Å². The first kappa shape index (κ1) is 15.5. The molecule has 5 heteroatoms. The zero-order chi connectivity index (χ0) is 15.3. The van der Waals surface area contributed by atoms with Crippen molar-refractivity contribution in [1.29, 1.82) is 0 Å². The van der Waals surface area contributed by atoms with Crippen LogP contribution in [-0.4, -0.2) is 31.4 Å². The van der Waals surface area contributed by atoms with Gasteiger partial charge in [-0.2, -0.15) is 0 Å². The van der Waals surface area contributed by atoms with Gasteiger partial charge in [0.25, 0.3) is 0 Å². The normalized spacial score (nSPS) is 21.0. The van der Waals surface area contributed by atoms with Gasteiger partial charge < -0.3 is 16.0 Å². The van der Waals surface area contributed by atoms with Gasteiger partial charge in [-0.1, -0.05) is 12.1 Å². The largest absolute Gasteiger partial charge is 0.356 e. The highest BCUT2D eigenvalue weighted by Crippen LogP contribution is 2.26. The van der Waals surface area contributed by atoms with Crippen molar-refractivity contribution in [2.45, 2.75) is 26.7 Å². The summed E-state index contributed by atoms with van der Waals surface area (Å²) in [4.78, 5) is 23.8. The average molecular weight is 289 g/mol. The van der Waals surface area contributed by atoms with E-state index in [1.54, 1.807) is 0 Å². The minimum absolute atomic E-state index is 0.0128. The summed E-state index contributed by atoms with van der Waals surface area (Å²) < 4.78 is 0. The third-order valence-corrected chi connectivity index (χ3v) is 3.87. The molecule has 5 nitrogen and oxygen atoms in total. The quantitative estimate of drug-likeness (QED) is 0.765. The van der Waals surface area contributed by atoms with Crippen LogP contribution in [0.5, 0.6) is 0 Å². The van der Waals surface area contributed by atoms with Gasteiger partial charge in [-0.25, -0.2) is 0 Å². The lowest BCUT2D eigenvalue weighted by Gasteiger charge is -2.21. The van der Waals surface area contributed by atoms with Gasteiger partial charge in [0.2, 0.25) is 11.8 Å². The van der Waals surface area contributed by atoms with Crippen molar-refractivity contribution in [3.63, 3.8) is 0 Å². The number of rotatable bonds is 5. The Morgan fingerprint density at radius 3 is 2.57 bits per heavy atom. The van der Waals surface area contributed by atoms with Crippen LogP contribution >= 0.6 is 0 Å². The maximum atomic E-state index is 12.3. The summed E-state index contributed by atoms with van der Waals surface area (Å²) in [7, 11) is 0. The summed E-state index contributed by atoms with van der Waals surface area (Å²) >= 11 is 0. The van der Waals surface area contributed by atoms with E-state index in [1.807, 2.05) is 38.1 Å².